The van der Waals surface area contributed by atoms with Crippen LogP contribution in [0.1, 0.15) is 120 Å². The van der Waals surface area contributed by atoms with E-state index in [4.69, 9.17) is 38.2 Å². The van der Waals surface area contributed by atoms with Gasteiger partial charge in [0.2, 0.25) is 0 Å². The van der Waals surface area contributed by atoms with Crippen molar-refractivity contribution in [3.05, 3.63) is 11.6 Å². The number of rotatable bonds is 10. The third kappa shape index (κ3) is 8.59. The maximum Gasteiger partial charge on any atom is 0.303 e. The van der Waals surface area contributed by atoms with E-state index >= 15 is 0 Å². The zero-order valence-electron chi connectivity index (χ0n) is 34.7. The molecule has 2 heterocycles. The Kier molecular flexibility index (Phi) is 12.7. The Labute approximate surface area is 331 Å². The van der Waals surface area contributed by atoms with Gasteiger partial charge in [-0.3, -0.25) is 29.0 Å². The summed E-state index contributed by atoms with van der Waals surface area (Å²) in [6, 6.07) is 0. The molecule has 0 spiro atoms. The Morgan fingerprint density at radius 3 is 2.12 bits per heavy atom. The molecular formula is C43H63NO12. The van der Waals surface area contributed by atoms with Crippen LogP contribution in [0.2, 0.25) is 0 Å². The smallest absolute Gasteiger partial charge is 0.303 e. The lowest BCUT2D eigenvalue weighted by molar-refractivity contribution is -0.318. The molecule has 0 unspecified atom stereocenters. The topological polar surface area (TPSA) is 162 Å². The molecule has 0 aromatic rings. The van der Waals surface area contributed by atoms with Crippen LogP contribution in [0.15, 0.2) is 16.6 Å². The Balaban J connectivity index is 1.23. The summed E-state index contributed by atoms with van der Waals surface area (Å²) in [4.78, 5) is 66.3. The molecule has 6 aliphatic rings. The van der Waals surface area contributed by atoms with Crippen molar-refractivity contribution in [2.45, 2.75) is 163 Å². The van der Waals surface area contributed by atoms with Gasteiger partial charge < -0.3 is 33.2 Å². The molecule has 13 nitrogen and oxygen atoms in total. The molecule has 4 fully saturated rings. The van der Waals surface area contributed by atoms with Crippen LogP contribution in [0.3, 0.4) is 0 Å². The van der Waals surface area contributed by atoms with Crippen LogP contribution in [0.25, 0.3) is 0 Å². The summed E-state index contributed by atoms with van der Waals surface area (Å²) < 4.78 is 41.2. The van der Waals surface area contributed by atoms with Crippen LogP contribution in [-0.2, 0) is 57.1 Å². The van der Waals surface area contributed by atoms with Crippen molar-refractivity contribution >= 4 is 35.6 Å². The summed E-state index contributed by atoms with van der Waals surface area (Å²) in [5.74, 6) is -0.375. The standard InChI is InChI=1S/C43H63NO12/c1-22-10-13-34(44-20-22)23(2)37-35(51-25(4)46)19-33-31-12-11-29-18-30(14-16-42(29,8)32(31)15-17-43(33,37)9)55-41-40(54-28(7)49)39(53-27(6)48)38(52-26(5)47)36(56-41)21-50-24(3)45/h11,22-23,30-33,35-41H,10,12-21H2,1-9H3/t22-,23+,30-,31+,32+,33-,35+,36+,37-,38+,39-,40+,41-,42-,43-/m0/s1. The quantitative estimate of drug-likeness (QED) is 0.143. The van der Waals surface area contributed by atoms with Crippen molar-refractivity contribution in [3.8, 4) is 0 Å². The average Bonchev–Trinajstić information content (AvgIpc) is 3.40. The summed E-state index contributed by atoms with van der Waals surface area (Å²) in [5, 5.41) is 0. The Bertz CT molecular complexity index is 1590. The highest BCUT2D eigenvalue weighted by Gasteiger charge is 2.63. The molecule has 0 bridgehead atoms. The fourth-order valence-electron chi connectivity index (χ4n) is 11.9. The van der Waals surface area contributed by atoms with Gasteiger partial charge in [-0.1, -0.05) is 39.3 Å². The molecule has 1 saturated heterocycles. The maximum absolute atomic E-state index is 12.5. The Morgan fingerprint density at radius 1 is 0.839 bits per heavy atom. The normalized spacial score (nSPS) is 40.9. The predicted molar refractivity (Wildman–Crippen MR) is 203 cm³/mol. The highest BCUT2D eigenvalue weighted by atomic mass is 16.7. The molecule has 3 saturated carbocycles. The van der Waals surface area contributed by atoms with Crippen LogP contribution < -0.4 is 0 Å². The summed E-state index contributed by atoms with van der Waals surface area (Å²) in [6.45, 7) is 16.4. The third-order valence-electron chi connectivity index (χ3n) is 14.3. The van der Waals surface area contributed by atoms with Gasteiger partial charge in [0, 0.05) is 58.7 Å². The van der Waals surface area contributed by atoms with E-state index in [1.54, 1.807) is 0 Å². The van der Waals surface area contributed by atoms with Crippen molar-refractivity contribution in [2.75, 3.05) is 13.2 Å². The number of carbonyl (C=O) groups is 5. The van der Waals surface area contributed by atoms with Crippen molar-refractivity contribution < 1.29 is 57.1 Å². The van der Waals surface area contributed by atoms with Crippen molar-refractivity contribution in [1.29, 1.82) is 0 Å². The highest BCUT2D eigenvalue weighted by Crippen LogP contribution is 2.68. The molecule has 0 aromatic heterocycles. The second kappa shape index (κ2) is 16.9. The van der Waals surface area contributed by atoms with Gasteiger partial charge in [-0.2, -0.15) is 0 Å². The number of ether oxygens (including phenoxy) is 7. The number of allylic oxidation sites excluding steroid dienone is 1. The van der Waals surface area contributed by atoms with Gasteiger partial charge in [-0.15, -0.1) is 0 Å². The van der Waals surface area contributed by atoms with Crippen LogP contribution >= 0.6 is 0 Å². The van der Waals surface area contributed by atoms with Gasteiger partial charge in [0.05, 0.1) is 6.10 Å². The lowest BCUT2D eigenvalue weighted by atomic mass is 9.47. The molecule has 13 heteroatoms. The zero-order valence-corrected chi connectivity index (χ0v) is 34.7. The first kappa shape index (κ1) is 42.3. The largest absolute Gasteiger partial charge is 0.463 e. The first-order chi connectivity index (χ1) is 26.4. The summed E-state index contributed by atoms with van der Waals surface area (Å²) in [7, 11) is 0. The van der Waals surface area contributed by atoms with E-state index in [1.165, 1.54) is 45.9 Å². The molecule has 0 amide bonds. The number of esters is 5. The second-order valence-corrected chi connectivity index (χ2v) is 18.0. The molecule has 0 aromatic carbocycles. The van der Waals surface area contributed by atoms with Crippen LogP contribution in [0.5, 0.6) is 0 Å². The second-order valence-electron chi connectivity index (χ2n) is 18.0. The molecule has 56 heavy (non-hydrogen) atoms. The van der Waals surface area contributed by atoms with Crippen molar-refractivity contribution in [2.24, 2.45) is 51.3 Å². The van der Waals surface area contributed by atoms with E-state index in [0.29, 0.717) is 36.5 Å². The first-order valence-electron chi connectivity index (χ1n) is 20.8. The number of hydrogen-bond acceptors (Lipinski definition) is 13. The van der Waals surface area contributed by atoms with Gasteiger partial charge in [-0.05, 0) is 92.3 Å². The maximum atomic E-state index is 12.5. The van der Waals surface area contributed by atoms with E-state index in [0.717, 1.165) is 51.5 Å². The molecule has 312 valence electrons. The highest BCUT2D eigenvalue weighted by molar-refractivity contribution is 5.87. The molecule has 0 radical (unpaired) electrons. The van der Waals surface area contributed by atoms with E-state index in [1.807, 2.05) is 0 Å². The van der Waals surface area contributed by atoms with Gasteiger partial charge in [0.15, 0.2) is 24.6 Å². The number of aliphatic imine (C=N–C) groups is 1. The van der Waals surface area contributed by atoms with E-state index in [2.05, 4.69) is 33.8 Å². The summed E-state index contributed by atoms with van der Waals surface area (Å²) in [5.41, 5.74) is 2.62. The SMILES string of the molecule is CC(=O)OC[C@H]1O[C@H](O[C@H]2CC[C@@]3(C)C(=CC[C@@H]4[C@H]3CC[C@]3(C)[C@@H]([C@H](C)C5=NC[C@@H](C)CC5)[C@H](OC(C)=O)C[C@@H]43)C2)[C@H](OC(C)=O)[C@@H](OC(C)=O)[C@@H]1OC(C)=O. The minimum absolute atomic E-state index is 0.0312. The molecule has 0 N–H and O–H groups in total. The summed E-state index contributed by atoms with van der Waals surface area (Å²) >= 11 is 0. The molecular weight excluding hydrogens is 722 g/mol. The minimum Gasteiger partial charge on any atom is -0.463 e. The van der Waals surface area contributed by atoms with Gasteiger partial charge >= 0.3 is 29.8 Å². The molecule has 6 rings (SSSR count). The fraction of sp³-hybridized carbons (Fsp3) is 0.814. The van der Waals surface area contributed by atoms with Gasteiger partial charge in [-0.25, -0.2) is 0 Å². The van der Waals surface area contributed by atoms with Crippen LogP contribution in [0, 0.1) is 46.3 Å². The third-order valence-corrected chi connectivity index (χ3v) is 14.3. The lowest BCUT2D eigenvalue weighted by Gasteiger charge is -2.58. The van der Waals surface area contributed by atoms with Crippen LogP contribution in [-0.4, -0.2) is 91.6 Å². The van der Waals surface area contributed by atoms with Crippen molar-refractivity contribution in [3.63, 3.8) is 0 Å². The molecule has 2 aliphatic heterocycles. The number of fused-ring (bicyclic) bond motifs is 5. The van der Waals surface area contributed by atoms with E-state index < -0.39 is 54.6 Å². The first-order valence-corrected chi connectivity index (χ1v) is 20.8. The fourth-order valence-corrected chi connectivity index (χ4v) is 11.9. The Hall–Kier alpha value is -3.32. The number of hydrogen-bond donors (Lipinski definition) is 0. The lowest BCUT2D eigenvalue weighted by Crippen LogP contribution is -2.63. The van der Waals surface area contributed by atoms with Gasteiger partial charge in [0.1, 0.15) is 18.8 Å². The Morgan fingerprint density at radius 2 is 1.50 bits per heavy atom. The number of carbonyl (C=O) groups excluding carboxylic acids is 5. The summed E-state index contributed by atoms with van der Waals surface area (Å²) in [6.07, 6.45) is 4.33. The number of nitrogens with zero attached hydrogens (tertiary/aromatic N) is 1. The molecule has 4 aliphatic carbocycles. The molecule has 15 atom stereocenters. The predicted octanol–water partition coefficient (Wildman–Crippen LogP) is 6.08. The monoisotopic (exact) mass is 785 g/mol. The minimum atomic E-state index is -1.28. The van der Waals surface area contributed by atoms with Crippen LogP contribution in [0.4, 0.5) is 0 Å². The zero-order chi connectivity index (χ0) is 40.7. The van der Waals surface area contributed by atoms with E-state index in [-0.39, 0.29) is 47.4 Å². The van der Waals surface area contributed by atoms with Crippen molar-refractivity contribution in [1.82, 2.24) is 0 Å². The van der Waals surface area contributed by atoms with E-state index in [9.17, 15) is 24.0 Å². The average molecular weight is 786 g/mol. The van der Waals surface area contributed by atoms with Gasteiger partial charge in [0.25, 0.3) is 0 Å².